The quantitative estimate of drug-likeness (QED) is 0.670. The van der Waals surface area contributed by atoms with Crippen LogP contribution >= 0.6 is 0 Å². The predicted octanol–water partition coefficient (Wildman–Crippen LogP) is 3.34. The summed E-state index contributed by atoms with van der Waals surface area (Å²) in [6.07, 6.45) is 10.4. The molecule has 0 bridgehead atoms. The third kappa shape index (κ3) is 5.87. The van der Waals surface area contributed by atoms with Crippen molar-refractivity contribution >= 4 is 0 Å². The van der Waals surface area contributed by atoms with Crippen molar-refractivity contribution in [1.29, 1.82) is 0 Å². The van der Waals surface area contributed by atoms with Crippen molar-refractivity contribution in [3.8, 4) is 0 Å². The van der Waals surface area contributed by atoms with E-state index in [0.29, 0.717) is 12.5 Å². The smallest absolute Gasteiger partial charge is 0.0434 e. The zero-order valence-electron chi connectivity index (χ0n) is 11.8. The number of hydrogen-bond donors (Lipinski definition) is 2. The highest BCUT2D eigenvalue weighted by Crippen LogP contribution is 2.25. The van der Waals surface area contributed by atoms with Gasteiger partial charge in [0.25, 0.3) is 0 Å². The van der Waals surface area contributed by atoms with E-state index in [1.807, 2.05) is 0 Å². The molecule has 1 rings (SSSR count). The molecule has 0 saturated heterocycles. The average Bonchev–Trinajstić information content (AvgIpc) is 2.59. The lowest BCUT2D eigenvalue weighted by Gasteiger charge is -2.21. The van der Waals surface area contributed by atoms with Crippen LogP contribution in [0.2, 0.25) is 0 Å². The Balaban J connectivity index is 2.22. The van der Waals surface area contributed by atoms with Crippen LogP contribution in [0.3, 0.4) is 0 Å². The van der Waals surface area contributed by atoms with E-state index < -0.39 is 0 Å². The van der Waals surface area contributed by atoms with Crippen LogP contribution in [0.4, 0.5) is 0 Å². The molecule has 0 aromatic carbocycles. The van der Waals surface area contributed by atoms with Crippen LogP contribution in [0, 0.1) is 11.8 Å². The Morgan fingerprint density at radius 3 is 2.65 bits per heavy atom. The normalized spacial score (nSPS) is 27.7. The molecule has 0 radical (unpaired) electrons. The van der Waals surface area contributed by atoms with Gasteiger partial charge in [-0.3, -0.25) is 0 Å². The predicted molar refractivity (Wildman–Crippen MR) is 74.1 cm³/mol. The second kappa shape index (κ2) is 8.93. The van der Waals surface area contributed by atoms with Crippen LogP contribution in [0.5, 0.6) is 0 Å². The summed E-state index contributed by atoms with van der Waals surface area (Å²) in [4.78, 5) is 0. The van der Waals surface area contributed by atoms with Gasteiger partial charge in [0.1, 0.15) is 0 Å². The standard InChI is InChI=1S/C15H31NO/c1-3-13-6-5-7-15(9-8-13)16-12-14(4-2)10-11-17/h13-17H,3-12H2,1-2H3. The molecule has 2 heteroatoms. The number of aliphatic hydroxyl groups excluding tert-OH is 1. The zero-order chi connectivity index (χ0) is 12.5. The SMILES string of the molecule is CCC1CCCC(NCC(CC)CCO)CC1. The van der Waals surface area contributed by atoms with E-state index in [2.05, 4.69) is 19.2 Å². The van der Waals surface area contributed by atoms with Crippen molar-refractivity contribution in [2.45, 2.75) is 71.3 Å². The molecule has 1 saturated carbocycles. The van der Waals surface area contributed by atoms with Gasteiger partial charge in [0.2, 0.25) is 0 Å². The second-order valence-corrected chi connectivity index (χ2v) is 5.67. The minimum Gasteiger partial charge on any atom is -0.396 e. The Morgan fingerprint density at radius 1 is 1.18 bits per heavy atom. The highest BCUT2D eigenvalue weighted by atomic mass is 16.3. The van der Waals surface area contributed by atoms with Crippen molar-refractivity contribution in [1.82, 2.24) is 5.32 Å². The fraction of sp³-hybridized carbons (Fsp3) is 1.00. The first kappa shape index (κ1) is 15.0. The van der Waals surface area contributed by atoms with Gasteiger partial charge in [-0.1, -0.05) is 39.5 Å². The molecule has 0 spiro atoms. The lowest BCUT2D eigenvalue weighted by molar-refractivity contribution is 0.247. The summed E-state index contributed by atoms with van der Waals surface area (Å²) in [6.45, 7) is 5.98. The lowest BCUT2D eigenvalue weighted by atomic mass is 9.97. The monoisotopic (exact) mass is 241 g/mol. The van der Waals surface area contributed by atoms with E-state index in [4.69, 9.17) is 5.11 Å². The Morgan fingerprint density at radius 2 is 2.00 bits per heavy atom. The second-order valence-electron chi connectivity index (χ2n) is 5.67. The van der Waals surface area contributed by atoms with E-state index in [1.165, 1.54) is 44.9 Å². The first-order valence-electron chi connectivity index (χ1n) is 7.64. The highest BCUT2D eigenvalue weighted by Gasteiger charge is 2.18. The summed E-state index contributed by atoms with van der Waals surface area (Å²) in [7, 11) is 0. The maximum Gasteiger partial charge on any atom is 0.0434 e. The van der Waals surface area contributed by atoms with Gasteiger partial charge in [0, 0.05) is 12.6 Å². The van der Waals surface area contributed by atoms with Crippen LogP contribution < -0.4 is 5.32 Å². The van der Waals surface area contributed by atoms with Crippen LogP contribution in [0.1, 0.15) is 65.2 Å². The number of nitrogens with one attached hydrogen (secondary N) is 1. The van der Waals surface area contributed by atoms with Crippen molar-refractivity contribution in [2.75, 3.05) is 13.2 Å². The summed E-state index contributed by atoms with van der Waals surface area (Å²) in [6, 6.07) is 0.735. The summed E-state index contributed by atoms with van der Waals surface area (Å²) >= 11 is 0. The van der Waals surface area contributed by atoms with Gasteiger partial charge in [-0.2, -0.15) is 0 Å². The Labute approximate surface area is 107 Å². The van der Waals surface area contributed by atoms with Crippen LogP contribution in [-0.4, -0.2) is 24.3 Å². The summed E-state index contributed by atoms with van der Waals surface area (Å²) in [5.74, 6) is 1.63. The molecule has 17 heavy (non-hydrogen) atoms. The molecule has 1 aliphatic carbocycles. The fourth-order valence-electron chi connectivity index (χ4n) is 2.96. The van der Waals surface area contributed by atoms with Crippen molar-refractivity contribution in [3.63, 3.8) is 0 Å². The van der Waals surface area contributed by atoms with Crippen LogP contribution in [-0.2, 0) is 0 Å². The molecule has 3 unspecified atom stereocenters. The Kier molecular flexibility index (Phi) is 7.87. The molecular formula is C15H31NO. The Bertz CT molecular complexity index is 184. The van der Waals surface area contributed by atoms with Gasteiger partial charge >= 0.3 is 0 Å². The fourth-order valence-corrected chi connectivity index (χ4v) is 2.96. The first-order valence-corrected chi connectivity index (χ1v) is 7.64. The van der Waals surface area contributed by atoms with Crippen LogP contribution in [0.15, 0.2) is 0 Å². The largest absolute Gasteiger partial charge is 0.396 e. The van der Waals surface area contributed by atoms with E-state index in [0.717, 1.165) is 24.9 Å². The molecule has 1 fully saturated rings. The highest BCUT2D eigenvalue weighted by molar-refractivity contribution is 4.75. The summed E-state index contributed by atoms with van der Waals surface area (Å²) in [5.41, 5.74) is 0. The van der Waals surface area contributed by atoms with Crippen molar-refractivity contribution < 1.29 is 5.11 Å². The van der Waals surface area contributed by atoms with Gasteiger partial charge in [0.05, 0.1) is 0 Å². The molecule has 2 nitrogen and oxygen atoms in total. The van der Waals surface area contributed by atoms with Gasteiger partial charge in [-0.15, -0.1) is 0 Å². The average molecular weight is 241 g/mol. The molecule has 0 aliphatic heterocycles. The molecule has 0 heterocycles. The van der Waals surface area contributed by atoms with Crippen molar-refractivity contribution in [2.24, 2.45) is 11.8 Å². The molecule has 0 aromatic rings. The van der Waals surface area contributed by atoms with E-state index in [-0.39, 0.29) is 0 Å². The van der Waals surface area contributed by atoms with Gasteiger partial charge in [-0.25, -0.2) is 0 Å². The molecule has 3 atom stereocenters. The van der Waals surface area contributed by atoms with Gasteiger partial charge in [0.15, 0.2) is 0 Å². The van der Waals surface area contributed by atoms with E-state index >= 15 is 0 Å². The van der Waals surface area contributed by atoms with E-state index in [1.54, 1.807) is 0 Å². The van der Waals surface area contributed by atoms with Crippen LogP contribution in [0.25, 0.3) is 0 Å². The molecule has 102 valence electrons. The van der Waals surface area contributed by atoms with E-state index in [9.17, 15) is 0 Å². The molecule has 0 amide bonds. The molecule has 2 N–H and O–H groups in total. The maximum absolute atomic E-state index is 8.99. The third-order valence-electron chi connectivity index (χ3n) is 4.48. The topological polar surface area (TPSA) is 32.3 Å². The summed E-state index contributed by atoms with van der Waals surface area (Å²) < 4.78 is 0. The molecular weight excluding hydrogens is 210 g/mol. The number of rotatable bonds is 7. The van der Waals surface area contributed by atoms with Gasteiger partial charge < -0.3 is 10.4 Å². The minimum absolute atomic E-state index is 0.336. The lowest BCUT2D eigenvalue weighted by Crippen LogP contribution is -2.33. The number of hydrogen-bond acceptors (Lipinski definition) is 2. The third-order valence-corrected chi connectivity index (χ3v) is 4.48. The maximum atomic E-state index is 8.99. The molecule has 1 aliphatic rings. The Hall–Kier alpha value is -0.0800. The van der Waals surface area contributed by atoms with Gasteiger partial charge in [-0.05, 0) is 44.1 Å². The first-order chi connectivity index (χ1) is 8.30. The zero-order valence-corrected chi connectivity index (χ0v) is 11.8. The number of aliphatic hydroxyl groups is 1. The minimum atomic E-state index is 0.336. The molecule has 0 aromatic heterocycles. The summed E-state index contributed by atoms with van der Waals surface area (Å²) in [5, 5.41) is 12.7. The van der Waals surface area contributed by atoms with Crippen molar-refractivity contribution in [3.05, 3.63) is 0 Å².